The second kappa shape index (κ2) is 20.2. The van der Waals surface area contributed by atoms with Crippen LogP contribution in [0.15, 0.2) is 133 Å². The molecule has 1 fully saturated rings. The molecule has 6 nitrogen and oxygen atoms in total. The van der Waals surface area contributed by atoms with Gasteiger partial charge in [0.15, 0.2) is 0 Å². The van der Waals surface area contributed by atoms with Gasteiger partial charge in [-0.25, -0.2) is 0 Å². The molecule has 1 saturated carbocycles. The van der Waals surface area contributed by atoms with Crippen LogP contribution in [0, 0.1) is 11.3 Å². The van der Waals surface area contributed by atoms with E-state index in [-0.39, 0.29) is 35.7 Å². The molecule has 58 heavy (non-hydrogen) atoms. The molecule has 0 aliphatic heterocycles. The van der Waals surface area contributed by atoms with Gasteiger partial charge in [0.2, 0.25) is 0 Å². The van der Waals surface area contributed by atoms with Crippen molar-refractivity contribution in [3.05, 3.63) is 145 Å². The summed E-state index contributed by atoms with van der Waals surface area (Å²) in [5.74, 6) is 0.0429. The van der Waals surface area contributed by atoms with Crippen molar-refractivity contribution in [3.8, 4) is 0 Å². The number of esters is 1. The molecule has 4 atom stereocenters. The van der Waals surface area contributed by atoms with Gasteiger partial charge in [-0.05, 0) is 76.2 Å². The summed E-state index contributed by atoms with van der Waals surface area (Å²) in [5.41, 5.74) is 6.49. The Bertz CT molecular complexity index is 1880. The van der Waals surface area contributed by atoms with Gasteiger partial charge in [-0.3, -0.25) is 4.79 Å². The first-order chi connectivity index (χ1) is 28.1. The van der Waals surface area contributed by atoms with Crippen LogP contribution in [-0.4, -0.2) is 58.7 Å². The normalized spacial score (nSPS) is 19.9. The van der Waals surface area contributed by atoms with Gasteiger partial charge in [0.05, 0.1) is 12.7 Å². The second-order valence-corrected chi connectivity index (χ2v) is 21.5. The molecule has 2 aliphatic carbocycles. The summed E-state index contributed by atoms with van der Waals surface area (Å²) in [6.07, 6.45) is 8.57. The van der Waals surface area contributed by atoms with E-state index in [0.717, 1.165) is 68.2 Å². The zero-order chi connectivity index (χ0) is 41.0. The summed E-state index contributed by atoms with van der Waals surface area (Å²) in [7, 11) is -1.10. The average Bonchev–Trinajstić information content (AvgIpc) is 3.77. The van der Waals surface area contributed by atoms with Crippen molar-refractivity contribution in [1.29, 1.82) is 0 Å². The maximum atomic E-state index is 12.8. The maximum Gasteiger partial charge on any atom is 0.305 e. The van der Waals surface area contributed by atoms with Crippen molar-refractivity contribution in [1.82, 2.24) is 0 Å². The van der Waals surface area contributed by atoms with Crippen LogP contribution in [0.25, 0.3) is 11.1 Å². The van der Waals surface area contributed by atoms with Crippen LogP contribution in [0.4, 0.5) is 0 Å². The number of hydrogen-bond acceptors (Lipinski definition) is 6. The van der Waals surface area contributed by atoms with E-state index >= 15 is 0 Å². The molecular weight excluding hydrogens is 737 g/mol. The quantitative estimate of drug-likeness (QED) is 0.0392. The van der Waals surface area contributed by atoms with E-state index in [1.807, 2.05) is 36.4 Å². The standard InChI is InChI=1S/C51H64O6Si/c1-39(40-23-14-9-15-24-40)51-34-33-47(56-38-54-5)46(51)35-42(49(51)41-25-16-10-17-26-41)27-13-7-6-8-22-32-48(53)55-36-43(52)37-57-58(50(2,3)4,44-28-18-11-19-29-44)45-30-20-12-21-31-45/h9-12,14-21,23-26,28-31,43,46-47,52H,1,6-8,13,22,27,32-38H2,2-5H3/t43-,46?,47?,51?/m1/s1. The predicted molar refractivity (Wildman–Crippen MR) is 238 cm³/mol. The number of fused-ring (bicyclic) bond motifs is 1. The minimum Gasteiger partial charge on any atom is -0.463 e. The lowest BCUT2D eigenvalue weighted by Crippen LogP contribution is -2.67. The smallest absolute Gasteiger partial charge is 0.305 e. The largest absolute Gasteiger partial charge is 0.463 e. The average molecular weight is 801 g/mol. The Morgan fingerprint density at radius 2 is 1.38 bits per heavy atom. The number of carbonyl (C=O) groups excluding carboxylic acids is 1. The summed E-state index contributed by atoms with van der Waals surface area (Å²) >= 11 is 0. The van der Waals surface area contributed by atoms with Gasteiger partial charge in [0.1, 0.15) is 19.5 Å². The summed E-state index contributed by atoms with van der Waals surface area (Å²) in [5, 5.41) is 13.1. The van der Waals surface area contributed by atoms with Crippen LogP contribution in [0.2, 0.25) is 5.04 Å². The van der Waals surface area contributed by atoms with Gasteiger partial charge in [0.25, 0.3) is 8.32 Å². The number of allylic oxidation sites excluding steroid dienone is 3. The number of methoxy groups -OCH3 is 1. The minimum absolute atomic E-state index is 0.0769. The van der Waals surface area contributed by atoms with E-state index in [0.29, 0.717) is 19.1 Å². The third kappa shape index (κ3) is 9.67. The first kappa shape index (κ1) is 43.5. The molecule has 0 heterocycles. The highest BCUT2D eigenvalue weighted by Crippen LogP contribution is 2.66. The van der Waals surface area contributed by atoms with Gasteiger partial charge in [-0.15, -0.1) is 0 Å². The highest BCUT2D eigenvalue weighted by atomic mass is 28.4. The molecule has 1 N–H and O–H groups in total. The van der Waals surface area contributed by atoms with Gasteiger partial charge in [0, 0.05) is 24.9 Å². The second-order valence-electron chi connectivity index (χ2n) is 17.2. The third-order valence-corrected chi connectivity index (χ3v) is 17.5. The molecule has 3 unspecified atom stereocenters. The van der Waals surface area contributed by atoms with Crippen LogP contribution < -0.4 is 10.4 Å². The molecule has 0 aromatic heterocycles. The fourth-order valence-corrected chi connectivity index (χ4v) is 14.5. The number of aliphatic hydroxyl groups excluding tert-OH is 1. The first-order valence-corrected chi connectivity index (χ1v) is 23.2. The Balaban J connectivity index is 1.00. The lowest BCUT2D eigenvalue weighted by molar-refractivity contribution is -0.147. The molecule has 0 spiro atoms. The highest BCUT2D eigenvalue weighted by molar-refractivity contribution is 6.99. The minimum atomic E-state index is -2.79. The number of rotatable bonds is 21. The van der Waals surface area contributed by atoms with E-state index in [4.69, 9.17) is 25.2 Å². The zero-order valence-corrected chi connectivity index (χ0v) is 36.2. The van der Waals surface area contributed by atoms with Gasteiger partial charge >= 0.3 is 5.97 Å². The predicted octanol–water partition coefficient (Wildman–Crippen LogP) is 10.2. The Morgan fingerprint density at radius 1 is 0.810 bits per heavy atom. The zero-order valence-electron chi connectivity index (χ0n) is 35.2. The van der Waals surface area contributed by atoms with Crippen molar-refractivity contribution in [3.63, 3.8) is 0 Å². The van der Waals surface area contributed by atoms with E-state index in [1.165, 1.54) is 27.8 Å². The van der Waals surface area contributed by atoms with E-state index < -0.39 is 14.4 Å². The number of ether oxygens (including phenoxy) is 3. The van der Waals surface area contributed by atoms with Gasteiger partial charge in [-0.1, -0.05) is 174 Å². The number of benzene rings is 4. The molecule has 308 valence electrons. The lowest BCUT2D eigenvalue weighted by Gasteiger charge is -2.43. The SMILES string of the molecule is C=C(c1ccccc1)C12CCC(OCOC)C1CC(CCCCCCCC(=O)OC[C@@H](O)CO[Si](c1ccccc1)(c1ccccc1)C(C)(C)C)=C2c1ccccc1. The van der Waals surface area contributed by atoms with Gasteiger partial charge in [-0.2, -0.15) is 0 Å². The van der Waals surface area contributed by atoms with E-state index in [9.17, 15) is 9.90 Å². The number of aliphatic hydroxyl groups is 1. The molecular formula is C51H64O6Si. The monoisotopic (exact) mass is 800 g/mol. The number of hydrogen-bond donors (Lipinski definition) is 1. The van der Waals surface area contributed by atoms with Crippen molar-refractivity contribution in [2.24, 2.45) is 11.3 Å². The first-order valence-electron chi connectivity index (χ1n) is 21.3. The fourth-order valence-electron chi connectivity index (χ4n) is 9.87. The molecule has 0 saturated heterocycles. The highest BCUT2D eigenvalue weighted by Gasteiger charge is 2.57. The third-order valence-electron chi connectivity index (χ3n) is 12.5. The summed E-state index contributed by atoms with van der Waals surface area (Å²) in [6.45, 7) is 11.7. The van der Waals surface area contributed by atoms with Crippen LogP contribution in [0.1, 0.15) is 96.1 Å². The summed E-state index contributed by atoms with van der Waals surface area (Å²) < 4.78 is 24.1. The van der Waals surface area contributed by atoms with E-state index in [1.54, 1.807) is 7.11 Å². The van der Waals surface area contributed by atoms with Crippen LogP contribution in [0.5, 0.6) is 0 Å². The van der Waals surface area contributed by atoms with Crippen molar-refractivity contribution in [2.45, 2.75) is 102 Å². The summed E-state index contributed by atoms with van der Waals surface area (Å²) in [6, 6.07) is 42.3. The van der Waals surface area contributed by atoms with Crippen LogP contribution in [0.3, 0.4) is 0 Å². The number of unbranched alkanes of at least 4 members (excludes halogenated alkanes) is 4. The Hall–Kier alpha value is -4.11. The summed E-state index contributed by atoms with van der Waals surface area (Å²) in [4.78, 5) is 12.8. The molecule has 7 heteroatoms. The molecule has 2 aliphatic rings. The topological polar surface area (TPSA) is 74.2 Å². The molecule has 0 amide bonds. The Kier molecular flexibility index (Phi) is 15.2. The lowest BCUT2D eigenvalue weighted by atomic mass is 9.66. The molecule has 0 radical (unpaired) electrons. The van der Waals surface area contributed by atoms with Crippen molar-refractivity contribution >= 4 is 35.8 Å². The molecule has 4 aromatic rings. The van der Waals surface area contributed by atoms with Crippen molar-refractivity contribution < 1.29 is 28.5 Å². The molecule has 0 bridgehead atoms. The van der Waals surface area contributed by atoms with E-state index in [2.05, 4.69) is 106 Å². The Labute approximate surface area is 348 Å². The molecule has 4 aromatic carbocycles. The number of carbonyl (C=O) groups is 1. The fraction of sp³-hybridized carbons (Fsp3) is 0.431. The van der Waals surface area contributed by atoms with Crippen molar-refractivity contribution in [2.75, 3.05) is 27.1 Å². The maximum absolute atomic E-state index is 12.8. The Morgan fingerprint density at radius 3 is 1.98 bits per heavy atom. The molecule has 6 rings (SSSR count). The van der Waals surface area contributed by atoms with Gasteiger partial charge < -0.3 is 23.7 Å². The van der Waals surface area contributed by atoms with Crippen LogP contribution >= 0.6 is 0 Å². The van der Waals surface area contributed by atoms with Crippen LogP contribution in [-0.2, 0) is 23.4 Å².